The molecule has 0 unspecified atom stereocenters. The molecule has 1 heterocycles. The van der Waals surface area contributed by atoms with E-state index in [9.17, 15) is 30.3 Å². The molecule has 13 aromatic rings. The standard InChI is InChI=1S/C66H43N7O6/c74-71(75)52-32-26-48(27-33-52)67(62-19-7-13-44-10-1-4-16-57(44)62)47-22-24-51(25-23-47)70-65-40-38-55(68(49-28-34-53(35-29-49)72(76)77)63-20-8-14-45-11-2-5-17-58(45)63)42-60(65)61-43-56(39-41-66(61)70)69(50-30-36-54(37-31-50)73(78)79)64-21-9-15-46-12-3-6-18-59(46)64/h1-43H. The molecule has 0 saturated heterocycles. The van der Waals surface area contributed by atoms with Crippen LogP contribution < -0.4 is 14.7 Å². The van der Waals surface area contributed by atoms with E-state index in [0.717, 1.165) is 111 Å². The molecule has 13 nitrogen and oxygen atoms in total. The molecular formula is C66H43N7O6. The lowest BCUT2D eigenvalue weighted by Crippen LogP contribution is -2.11. The van der Waals surface area contributed by atoms with Gasteiger partial charge in [-0.2, -0.15) is 0 Å². The van der Waals surface area contributed by atoms with Crippen LogP contribution in [0.1, 0.15) is 0 Å². The molecule has 0 N–H and O–H groups in total. The van der Waals surface area contributed by atoms with Crippen LogP contribution in [0.4, 0.5) is 68.2 Å². The van der Waals surface area contributed by atoms with Gasteiger partial charge in [0.1, 0.15) is 0 Å². The van der Waals surface area contributed by atoms with Crippen LogP contribution >= 0.6 is 0 Å². The van der Waals surface area contributed by atoms with Gasteiger partial charge in [0, 0.05) is 103 Å². The van der Waals surface area contributed by atoms with Gasteiger partial charge in [0.05, 0.1) is 42.9 Å². The fraction of sp³-hybridized carbons (Fsp3) is 0. The zero-order valence-corrected chi connectivity index (χ0v) is 41.9. The molecule has 0 aliphatic rings. The van der Waals surface area contributed by atoms with Gasteiger partial charge >= 0.3 is 0 Å². The largest absolute Gasteiger partial charge is 0.310 e. The van der Waals surface area contributed by atoms with Crippen molar-refractivity contribution >= 4 is 122 Å². The highest BCUT2D eigenvalue weighted by molar-refractivity contribution is 6.13. The van der Waals surface area contributed by atoms with Gasteiger partial charge in [-0.05, 0) is 131 Å². The van der Waals surface area contributed by atoms with Crippen LogP contribution in [0.3, 0.4) is 0 Å². The summed E-state index contributed by atoms with van der Waals surface area (Å²) in [5, 5.41) is 43.6. The highest BCUT2D eigenvalue weighted by Crippen LogP contribution is 2.47. The number of rotatable bonds is 13. The fourth-order valence-electron chi connectivity index (χ4n) is 11.0. The predicted octanol–water partition coefficient (Wildman–Crippen LogP) is 18.4. The van der Waals surface area contributed by atoms with E-state index < -0.39 is 14.8 Å². The van der Waals surface area contributed by atoms with Crippen molar-refractivity contribution in [3.8, 4) is 5.69 Å². The summed E-state index contributed by atoms with van der Waals surface area (Å²) >= 11 is 0. The zero-order valence-electron chi connectivity index (χ0n) is 41.9. The van der Waals surface area contributed by atoms with Crippen molar-refractivity contribution in [2.24, 2.45) is 0 Å². The number of nitrogens with zero attached hydrogens (tertiary/aromatic N) is 7. The van der Waals surface area contributed by atoms with E-state index in [2.05, 4.69) is 153 Å². The highest BCUT2D eigenvalue weighted by Gasteiger charge is 2.24. The lowest BCUT2D eigenvalue weighted by atomic mass is 10.0. The SMILES string of the molecule is O=[N+]([O-])c1ccc(N(c2ccc(-n3c4ccc(N(c5ccc([N+](=O)[O-])cc5)c5cccc6ccccc56)cc4c4cc(N(c5ccc([N+](=O)[O-])cc5)c5cccc6ccccc56)ccc43)cc2)c2cccc3ccccc23)cc1. The summed E-state index contributed by atoms with van der Waals surface area (Å²) in [4.78, 5) is 40.9. The number of hydrogen-bond acceptors (Lipinski definition) is 9. The number of benzene rings is 12. The smallest absolute Gasteiger partial charge is 0.269 e. The van der Waals surface area contributed by atoms with E-state index in [1.165, 1.54) is 36.4 Å². The third-order valence-corrected chi connectivity index (χ3v) is 14.6. The number of fused-ring (bicyclic) bond motifs is 6. The van der Waals surface area contributed by atoms with E-state index in [1.54, 1.807) is 36.4 Å². The van der Waals surface area contributed by atoms with Gasteiger partial charge in [-0.15, -0.1) is 0 Å². The second-order valence-electron chi connectivity index (χ2n) is 19.1. The summed E-state index contributed by atoms with van der Waals surface area (Å²) in [6, 6.07) is 83.6. The molecule has 0 atom stereocenters. The zero-order chi connectivity index (χ0) is 53.7. The summed E-state index contributed by atoms with van der Waals surface area (Å²) in [5.74, 6) is 0. The molecule has 13 heteroatoms. The Kier molecular flexibility index (Phi) is 11.7. The average molecular weight is 1030 g/mol. The molecule has 0 fully saturated rings. The van der Waals surface area contributed by atoms with Crippen LogP contribution in [0, 0.1) is 30.3 Å². The number of nitro groups is 3. The summed E-state index contributed by atoms with van der Waals surface area (Å²) < 4.78 is 2.23. The van der Waals surface area contributed by atoms with Crippen molar-refractivity contribution < 1.29 is 14.8 Å². The first-order chi connectivity index (χ1) is 38.7. The van der Waals surface area contributed by atoms with Crippen LogP contribution in [0.15, 0.2) is 261 Å². The first kappa shape index (κ1) is 47.5. The summed E-state index contributed by atoms with van der Waals surface area (Å²) in [6.07, 6.45) is 0. The number of nitro benzene ring substituents is 3. The molecular weight excluding hydrogens is 987 g/mol. The second-order valence-corrected chi connectivity index (χ2v) is 19.1. The molecule has 378 valence electrons. The Morgan fingerprint density at radius 3 is 0.886 bits per heavy atom. The summed E-state index contributed by atoms with van der Waals surface area (Å²) in [6.45, 7) is 0. The van der Waals surface area contributed by atoms with E-state index in [-0.39, 0.29) is 17.1 Å². The van der Waals surface area contributed by atoms with Crippen molar-refractivity contribution in [2.45, 2.75) is 0 Å². The van der Waals surface area contributed by atoms with Crippen molar-refractivity contribution in [3.63, 3.8) is 0 Å². The van der Waals surface area contributed by atoms with Crippen molar-refractivity contribution in [2.75, 3.05) is 14.7 Å². The summed E-state index contributed by atoms with van der Waals surface area (Å²) in [5.41, 5.74) is 9.97. The number of hydrogen-bond donors (Lipinski definition) is 0. The lowest BCUT2D eigenvalue weighted by molar-refractivity contribution is -0.385. The maximum absolute atomic E-state index is 11.9. The van der Waals surface area contributed by atoms with Gasteiger partial charge < -0.3 is 19.3 Å². The normalized spacial score (nSPS) is 11.3. The van der Waals surface area contributed by atoms with E-state index in [1.807, 2.05) is 54.6 Å². The van der Waals surface area contributed by atoms with Crippen LogP contribution in [-0.4, -0.2) is 19.3 Å². The highest BCUT2D eigenvalue weighted by atomic mass is 16.6. The molecule has 0 saturated carbocycles. The summed E-state index contributed by atoms with van der Waals surface area (Å²) in [7, 11) is 0. The number of non-ortho nitro benzene ring substituents is 3. The number of anilines is 9. The minimum Gasteiger partial charge on any atom is -0.310 e. The maximum atomic E-state index is 11.9. The minimum absolute atomic E-state index is 0.00406. The second kappa shape index (κ2) is 19.5. The van der Waals surface area contributed by atoms with E-state index >= 15 is 0 Å². The van der Waals surface area contributed by atoms with Crippen LogP contribution in [-0.2, 0) is 0 Å². The first-order valence-electron chi connectivity index (χ1n) is 25.4. The van der Waals surface area contributed by atoms with Gasteiger partial charge in [-0.1, -0.05) is 109 Å². The van der Waals surface area contributed by atoms with Crippen LogP contribution in [0.25, 0.3) is 59.8 Å². The molecule has 13 rings (SSSR count). The fourth-order valence-corrected chi connectivity index (χ4v) is 11.0. The Labute approximate surface area is 451 Å². The van der Waals surface area contributed by atoms with Crippen molar-refractivity contribution in [1.29, 1.82) is 0 Å². The molecule has 0 spiro atoms. The number of aromatic nitrogens is 1. The first-order valence-corrected chi connectivity index (χ1v) is 25.4. The average Bonchev–Trinajstić information content (AvgIpc) is 3.99. The molecule has 0 radical (unpaired) electrons. The molecule has 12 aromatic carbocycles. The molecule has 1 aromatic heterocycles. The minimum atomic E-state index is -0.397. The van der Waals surface area contributed by atoms with Crippen molar-refractivity contribution in [3.05, 3.63) is 291 Å². The Bertz CT molecular complexity index is 4330. The quantitative estimate of drug-likeness (QED) is 0.0814. The third kappa shape index (κ3) is 8.49. The van der Waals surface area contributed by atoms with Gasteiger partial charge in [-0.25, -0.2) is 0 Å². The monoisotopic (exact) mass is 1030 g/mol. The van der Waals surface area contributed by atoms with E-state index in [4.69, 9.17) is 0 Å². The lowest BCUT2D eigenvalue weighted by Gasteiger charge is -2.27. The van der Waals surface area contributed by atoms with Gasteiger partial charge in [0.25, 0.3) is 17.1 Å². The van der Waals surface area contributed by atoms with E-state index in [0.29, 0.717) is 0 Å². The maximum Gasteiger partial charge on any atom is 0.269 e. The van der Waals surface area contributed by atoms with Gasteiger partial charge in [0.2, 0.25) is 0 Å². The Hall–Kier alpha value is -11.2. The Morgan fingerprint density at radius 2 is 0.557 bits per heavy atom. The molecule has 0 amide bonds. The van der Waals surface area contributed by atoms with Crippen LogP contribution in [0.5, 0.6) is 0 Å². The molecule has 0 aliphatic carbocycles. The van der Waals surface area contributed by atoms with Crippen molar-refractivity contribution in [1.82, 2.24) is 4.57 Å². The Morgan fingerprint density at radius 1 is 0.278 bits per heavy atom. The molecule has 0 bridgehead atoms. The Balaban J connectivity index is 1.04. The molecule has 0 aliphatic heterocycles. The van der Waals surface area contributed by atoms with Gasteiger partial charge in [-0.3, -0.25) is 30.3 Å². The topological polar surface area (TPSA) is 144 Å². The molecule has 79 heavy (non-hydrogen) atoms. The third-order valence-electron chi connectivity index (χ3n) is 14.6. The van der Waals surface area contributed by atoms with Gasteiger partial charge in [0.15, 0.2) is 0 Å². The predicted molar refractivity (Wildman–Crippen MR) is 317 cm³/mol. The van der Waals surface area contributed by atoms with Crippen LogP contribution in [0.2, 0.25) is 0 Å².